The van der Waals surface area contributed by atoms with E-state index < -0.39 is 5.91 Å². The highest BCUT2D eigenvalue weighted by Crippen LogP contribution is 2.29. The summed E-state index contributed by atoms with van der Waals surface area (Å²) in [6, 6.07) is 8.82. The Labute approximate surface area is 138 Å². The lowest BCUT2D eigenvalue weighted by molar-refractivity contribution is 0.0997. The Hall–Kier alpha value is -3.09. The quantitative estimate of drug-likeness (QED) is 0.774. The third-order valence-electron chi connectivity index (χ3n) is 3.30. The summed E-state index contributed by atoms with van der Waals surface area (Å²) in [5.41, 5.74) is 1.22. The summed E-state index contributed by atoms with van der Waals surface area (Å²) in [6.45, 7) is 4.19. The molecular weight excluding hydrogens is 310 g/mol. The number of benzene rings is 1. The number of nitrogens with zero attached hydrogens (tertiary/aromatic N) is 2. The van der Waals surface area contributed by atoms with E-state index in [-0.39, 0.29) is 11.7 Å². The van der Waals surface area contributed by atoms with E-state index in [0.717, 1.165) is 5.39 Å². The van der Waals surface area contributed by atoms with Gasteiger partial charge >= 0.3 is 0 Å². The fraction of sp³-hybridized carbons (Fsp3) is 0.235. The molecule has 124 valence electrons. The van der Waals surface area contributed by atoms with E-state index in [9.17, 15) is 4.79 Å². The maximum absolute atomic E-state index is 12.4. The summed E-state index contributed by atoms with van der Waals surface area (Å²) in [6.07, 6.45) is 0. The monoisotopic (exact) mass is 327 g/mol. The second-order valence-corrected chi connectivity index (χ2v) is 5.05. The normalized spacial score (nSPS) is 10.6. The summed E-state index contributed by atoms with van der Waals surface area (Å²) in [7, 11) is 1.50. The van der Waals surface area contributed by atoms with Crippen LogP contribution in [0.4, 0.5) is 5.95 Å². The number of hydrogen-bond donors (Lipinski definition) is 1. The number of ether oxygens (including phenoxy) is 2. The van der Waals surface area contributed by atoms with Gasteiger partial charge in [0.05, 0.1) is 13.7 Å². The van der Waals surface area contributed by atoms with E-state index >= 15 is 0 Å². The molecule has 0 spiro atoms. The van der Waals surface area contributed by atoms with Gasteiger partial charge in [-0.05, 0) is 26.0 Å². The van der Waals surface area contributed by atoms with Crippen molar-refractivity contribution in [3.63, 3.8) is 0 Å². The van der Waals surface area contributed by atoms with Gasteiger partial charge in [0, 0.05) is 17.1 Å². The molecule has 3 aromatic rings. The molecule has 2 aromatic heterocycles. The number of carbonyl (C=O) groups excluding carboxylic acids is 1. The fourth-order valence-corrected chi connectivity index (χ4v) is 2.28. The van der Waals surface area contributed by atoms with Gasteiger partial charge in [0.15, 0.2) is 17.1 Å². The second kappa shape index (κ2) is 6.57. The number of carbonyl (C=O) groups is 1. The molecule has 0 aliphatic carbocycles. The van der Waals surface area contributed by atoms with Crippen LogP contribution in [0.5, 0.6) is 11.6 Å². The number of fused-ring (bicyclic) bond motifs is 1. The minimum atomic E-state index is -0.443. The average Bonchev–Trinajstić information content (AvgIpc) is 3.00. The van der Waals surface area contributed by atoms with E-state index in [2.05, 4.69) is 15.3 Å². The molecule has 2 heterocycles. The van der Waals surface area contributed by atoms with Crippen molar-refractivity contribution >= 4 is 22.8 Å². The summed E-state index contributed by atoms with van der Waals surface area (Å²) in [5, 5.41) is 3.40. The molecule has 24 heavy (non-hydrogen) atoms. The van der Waals surface area contributed by atoms with Crippen LogP contribution in [-0.2, 0) is 0 Å². The third-order valence-corrected chi connectivity index (χ3v) is 3.30. The van der Waals surface area contributed by atoms with Crippen molar-refractivity contribution in [3.8, 4) is 11.6 Å². The Morgan fingerprint density at radius 2 is 2.12 bits per heavy atom. The standard InChI is InChI=1S/C17H17N3O4/c1-4-23-12-7-5-6-11-9-13(24-15(11)12)16(21)20-17-18-10(2)8-14(19-17)22-3/h5-9H,4H2,1-3H3,(H,18,19,20,21). The van der Waals surface area contributed by atoms with Crippen molar-refractivity contribution in [1.82, 2.24) is 9.97 Å². The molecule has 1 amide bonds. The third kappa shape index (κ3) is 3.15. The highest BCUT2D eigenvalue weighted by Gasteiger charge is 2.16. The SMILES string of the molecule is CCOc1cccc2cc(C(=O)Nc3nc(C)cc(OC)n3)oc12. The first-order chi connectivity index (χ1) is 11.6. The minimum absolute atomic E-state index is 0.154. The number of aryl methyl sites for hydroxylation is 1. The van der Waals surface area contributed by atoms with E-state index in [4.69, 9.17) is 13.9 Å². The maximum Gasteiger partial charge on any atom is 0.293 e. The molecule has 3 rings (SSSR count). The van der Waals surface area contributed by atoms with Gasteiger partial charge in [-0.2, -0.15) is 4.98 Å². The first-order valence-corrected chi connectivity index (χ1v) is 7.47. The van der Waals surface area contributed by atoms with Crippen molar-refractivity contribution in [1.29, 1.82) is 0 Å². The van der Waals surface area contributed by atoms with Crippen LogP contribution in [0.3, 0.4) is 0 Å². The Bertz CT molecular complexity index is 889. The Morgan fingerprint density at radius 1 is 1.29 bits per heavy atom. The van der Waals surface area contributed by atoms with Crippen LogP contribution in [0, 0.1) is 6.92 Å². The molecule has 0 aliphatic rings. The fourth-order valence-electron chi connectivity index (χ4n) is 2.28. The number of anilines is 1. The lowest BCUT2D eigenvalue weighted by Crippen LogP contribution is -2.14. The van der Waals surface area contributed by atoms with Gasteiger partial charge < -0.3 is 13.9 Å². The van der Waals surface area contributed by atoms with E-state index in [1.165, 1.54) is 7.11 Å². The Morgan fingerprint density at radius 3 is 2.88 bits per heavy atom. The molecule has 7 heteroatoms. The molecule has 0 bridgehead atoms. The number of nitrogens with one attached hydrogen (secondary N) is 1. The first-order valence-electron chi connectivity index (χ1n) is 7.47. The lowest BCUT2D eigenvalue weighted by Gasteiger charge is -2.05. The maximum atomic E-state index is 12.4. The molecule has 0 saturated heterocycles. The van der Waals surface area contributed by atoms with E-state index in [1.807, 2.05) is 19.1 Å². The summed E-state index contributed by atoms with van der Waals surface area (Å²) >= 11 is 0. The number of para-hydroxylation sites is 1. The van der Waals surface area contributed by atoms with Crippen molar-refractivity contribution in [2.45, 2.75) is 13.8 Å². The molecule has 0 saturated carbocycles. The molecule has 1 N–H and O–H groups in total. The van der Waals surface area contributed by atoms with Crippen molar-refractivity contribution < 1.29 is 18.7 Å². The zero-order chi connectivity index (χ0) is 17.1. The number of methoxy groups -OCH3 is 1. The zero-order valence-corrected chi connectivity index (χ0v) is 13.6. The first kappa shape index (κ1) is 15.8. The van der Waals surface area contributed by atoms with Crippen LogP contribution in [0.2, 0.25) is 0 Å². The van der Waals surface area contributed by atoms with Gasteiger partial charge in [-0.3, -0.25) is 10.1 Å². The van der Waals surface area contributed by atoms with E-state index in [0.29, 0.717) is 29.5 Å². The highest BCUT2D eigenvalue weighted by molar-refractivity contribution is 6.04. The molecule has 0 radical (unpaired) electrons. The van der Waals surface area contributed by atoms with Crippen LogP contribution in [-0.4, -0.2) is 29.6 Å². The van der Waals surface area contributed by atoms with Crippen LogP contribution in [0.1, 0.15) is 23.2 Å². The molecule has 0 fully saturated rings. The highest BCUT2D eigenvalue weighted by atomic mass is 16.5. The number of hydrogen-bond acceptors (Lipinski definition) is 6. The smallest absolute Gasteiger partial charge is 0.293 e. The van der Waals surface area contributed by atoms with Crippen LogP contribution in [0.15, 0.2) is 34.7 Å². The average molecular weight is 327 g/mol. The number of amides is 1. The van der Waals surface area contributed by atoms with Crippen LogP contribution in [0.25, 0.3) is 11.0 Å². The van der Waals surface area contributed by atoms with Gasteiger partial charge in [0.2, 0.25) is 11.8 Å². The van der Waals surface area contributed by atoms with Gasteiger partial charge in [-0.15, -0.1) is 0 Å². The summed E-state index contributed by atoms with van der Waals surface area (Å²) < 4.78 is 16.2. The van der Waals surface area contributed by atoms with Gasteiger partial charge in [-0.1, -0.05) is 12.1 Å². The molecule has 0 atom stereocenters. The Balaban J connectivity index is 1.89. The molecule has 7 nitrogen and oxygen atoms in total. The van der Waals surface area contributed by atoms with Crippen molar-refractivity contribution in [2.24, 2.45) is 0 Å². The predicted octanol–water partition coefficient (Wildman–Crippen LogP) is 3.19. The zero-order valence-electron chi connectivity index (χ0n) is 13.6. The minimum Gasteiger partial charge on any atom is -0.490 e. The van der Waals surface area contributed by atoms with Crippen LogP contribution >= 0.6 is 0 Å². The van der Waals surface area contributed by atoms with E-state index in [1.54, 1.807) is 25.1 Å². The Kier molecular flexibility index (Phi) is 4.33. The lowest BCUT2D eigenvalue weighted by atomic mass is 10.2. The number of rotatable bonds is 5. The van der Waals surface area contributed by atoms with Gasteiger partial charge in [0.25, 0.3) is 5.91 Å². The van der Waals surface area contributed by atoms with Gasteiger partial charge in [0.1, 0.15) is 0 Å². The van der Waals surface area contributed by atoms with Gasteiger partial charge in [-0.25, -0.2) is 4.98 Å². The molecular formula is C17H17N3O4. The van der Waals surface area contributed by atoms with Crippen LogP contribution < -0.4 is 14.8 Å². The van der Waals surface area contributed by atoms with Crippen molar-refractivity contribution in [2.75, 3.05) is 19.0 Å². The topological polar surface area (TPSA) is 86.5 Å². The summed E-state index contributed by atoms with van der Waals surface area (Å²) in [4.78, 5) is 20.6. The second-order valence-electron chi connectivity index (χ2n) is 5.05. The molecule has 0 aliphatic heterocycles. The molecule has 1 aromatic carbocycles. The molecule has 0 unspecified atom stereocenters. The van der Waals surface area contributed by atoms with Crippen molar-refractivity contribution in [3.05, 3.63) is 41.8 Å². The number of furan rings is 1. The largest absolute Gasteiger partial charge is 0.490 e. The number of aromatic nitrogens is 2. The summed E-state index contributed by atoms with van der Waals surface area (Å²) in [5.74, 6) is 0.841. The predicted molar refractivity (Wildman–Crippen MR) is 88.7 cm³/mol.